The summed E-state index contributed by atoms with van der Waals surface area (Å²) in [7, 11) is 0. The zero-order chi connectivity index (χ0) is 12.3. The lowest BCUT2D eigenvalue weighted by atomic mass is 9.99. The maximum Gasteiger partial charge on any atom is 0.0815 e. The van der Waals surface area contributed by atoms with Gasteiger partial charge in [0.1, 0.15) is 0 Å². The first-order valence-corrected chi connectivity index (χ1v) is 6.67. The molecule has 2 nitrogen and oxygen atoms in total. The second-order valence-corrected chi connectivity index (χ2v) is 5.23. The zero-order valence-corrected chi connectivity index (χ0v) is 11.0. The van der Waals surface area contributed by atoms with E-state index < -0.39 is 6.10 Å². The van der Waals surface area contributed by atoms with E-state index in [1.54, 1.807) is 12.1 Å². The Labute approximate surface area is 111 Å². The van der Waals surface area contributed by atoms with E-state index in [0.717, 1.165) is 25.0 Å². The highest BCUT2D eigenvalue weighted by Gasteiger charge is 2.19. The molecule has 0 saturated carbocycles. The number of aliphatic hydroxyl groups excluding tert-OH is 1. The lowest BCUT2D eigenvalue weighted by Crippen LogP contribution is -2.21. The molecule has 4 heteroatoms. The minimum Gasteiger partial charge on any atom is -0.388 e. The second-order valence-electron chi connectivity index (χ2n) is 4.41. The van der Waals surface area contributed by atoms with Crippen molar-refractivity contribution in [1.29, 1.82) is 0 Å². The maximum absolute atomic E-state index is 10.1. The van der Waals surface area contributed by atoms with Gasteiger partial charge in [-0.2, -0.15) is 0 Å². The molecule has 1 aliphatic heterocycles. The predicted molar refractivity (Wildman–Crippen MR) is 69.6 cm³/mol. The molecule has 1 aromatic rings. The molecule has 2 atom stereocenters. The van der Waals surface area contributed by atoms with Gasteiger partial charge in [-0.1, -0.05) is 29.3 Å². The molecular weight excluding hydrogens is 259 g/mol. The van der Waals surface area contributed by atoms with E-state index in [-0.39, 0.29) is 6.10 Å². The highest BCUT2D eigenvalue weighted by molar-refractivity contribution is 6.42. The minimum atomic E-state index is -0.534. The predicted octanol–water partition coefficient (Wildman–Crippen LogP) is 3.99. The fourth-order valence-corrected chi connectivity index (χ4v) is 2.40. The van der Waals surface area contributed by atoms with Crippen LogP contribution in [0.15, 0.2) is 18.2 Å². The third-order valence-electron chi connectivity index (χ3n) is 3.09. The molecule has 0 radical (unpaired) electrons. The number of hydrogen-bond donors (Lipinski definition) is 1. The highest BCUT2D eigenvalue weighted by Crippen LogP contribution is 2.29. The fraction of sp³-hybridized carbons (Fsp3) is 0.538. The van der Waals surface area contributed by atoms with E-state index in [0.29, 0.717) is 16.5 Å². The van der Waals surface area contributed by atoms with Gasteiger partial charge in [0.15, 0.2) is 0 Å². The van der Waals surface area contributed by atoms with Gasteiger partial charge in [-0.05, 0) is 37.0 Å². The van der Waals surface area contributed by atoms with Crippen molar-refractivity contribution in [1.82, 2.24) is 0 Å². The molecule has 1 heterocycles. The van der Waals surface area contributed by atoms with Crippen LogP contribution < -0.4 is 0 Å². The average molecular weight is 275 g/mol. The smallest absolute Gasteiger partial charge is 0.0815 e. The Morgan fingerprint density at radius 2 is 2.12 bits per heavy atom. The molecule has 0 amide bonds. The molecule has 0 bridgehead atoms. The van der Waals surface area contributed by atoms with Gasteiger partial charge in [0.05, 0.1) is 22.3 Å². The Bertz CT molecular complexity index is 376. The molecule has 1 aliphatic rings. The first-order valence-electron chi connectivity index (χ1n) is 5.91. The summed E-state index contributed by atoms with van der Waals surface area (Å²) in [5.41, 5.74) is 0.800. The zero-order valence-electron chi connectivity index (χ0n) is 9.53. The highest BCUT2D eigenvalue weighted by atomic mass is 35.5. The van der Waals surface area contributed by atoms with Gasteiger partial charge in [-0.25, -0.2) is 0 Å². The van der Waals surface area contributed by atoms with Crippen LogP contribution >= 0.6 is 23.2 Å². The largest absolute Gasteiger partial charge is 0.388 e. The number of ether oxygens (including phenoxy) is 1. The van der Waals surface area contributed by atoms with Crippen molar-refractivity contribution in [3.8, 4) is 0 Å². The van der Waals surface area contributed by atoms with Gasteiger partial charge in [-0.15, -0.1) is 0 Å². The van der Waals surface area contributed by atoms with Crippen molar-refractivity contribution in [3.05, 3.63) is 33.8 Å². The number of hydrogen-bond acceptors (Lipinski definition) is 2. The normalized spacial score (nSPS) is 22.4. The molecule has 2 unspecified atom stereocenters. The maximum atomic E-state index is 10.1. The van der Waals surface area contributed by atoms with Crippen LogP contribution in [-0.4, -0.2) is 17.8 Å². The van der Waals surface area contributed by atoms with Crippen LogP contribution in [0.4, 0.5) is 0 Å². The van der Waals surface area contributed by atoms with Crippen LogP contribution in [0.3, 0.4) is 0 Å². The SMILES string of the molecule is OC(CC1CCCCO1)c1ccc(Cl)c(Cl)c1. The van der Waals surface area contributed by atoms with Crippen LogP contribution in [0.1, 0.15) is 37.4 Å². The van der Waals surface area contributed by atoms with Crippen molar-refractivity contribution < 1.29 is 9.84 Å². The van der Waals surface area contributed by atoms with E-state index in [1.165, 1.54) is 6.42 Å². The van der Waals surface area contributed by atoms with Crippen molar-refractivity contribution in [2.45, 2.75) is 37.9 Å². The summed E-state index contributed by atoms with van der Waals surface area (Å²) in [5, 5.41) is 11.1. The van der Waals surface area contributed by atoms with Crippen LogP contribution in [0.5, 0.6) is 0 Å². The first-order chi connectivity index (χ1) is 8.16. The number of halogens is 2. The van der Waals surface area contributed by atoms with Gasteiger partial charge in [-0.3, -0.25) is 0 Å². The quantitative estimate of drug-likeness (QED) is 0.903. The standard InChI is InChI=1S/C13H16Cl2O2/c14-11-5-4-9(7-12(11)15)13(16)8-10-3-1-2-6-17-10/h4-5,7,10,13,16H,1-3,6,8H2. The van der Waals surface area contributed by atoms with Crippen LogP contribution in [0.25, 0.3) is 0 Å². The number of rotatable bonds is 3. The summed E-state index contributed by atoms with van der Waals surface area (Å²) in [5.74, 6) is 0. The Balaban J connectivity index is 1.98. The summed E-state index contributed by atoms with van der Waals surface area (Å²) < 4.78 is 5.60. The molecular formula is C13H16Cl2O2. The summed E-state index contributed by atoms with van der Waals surface area (Å²) in [4.78, 5) is 0. The molecule has 0 aromatic heterocycles. The van der Waals surface area contributed by atoms with Gasteiger partial charge >= 0.3 is 0 Å². The molecule has 0 aliphatic carbocycles. The molecule has 2 rings (SSSR count). The van der Waals surface area contributed by atoms with Crippen LogP contribution in [-0.2, 0) is 4.74 Å². The van der Waals surface area contributed by atoms with Crippen molar-refractivity contribution in [2.24, 2.45) is 0 Å². The van der Waals surface area contributed by atoms with Gasteiger partial charge in [0.25, 0.3) is 0 Å². The van der Waals surface area contributed by atoms with E-state index in [9.17, 15) is 5.11 Å². The Morgan fingerprint density at radius 1 is 1.29 bits per heavy atom. The van der Waals surface area contributed by atoms with Crippen molar-refractivity contribution in [3.63, 3.8) is 0 Å². The van der Waals surface area contributed by atoms with E-state index in [2.05, 4.69) is 0 Å². The average Bonchev–Trinajstić information content (AvgIpc) is 2.34. The first kappa shape index (κ1) is 13.2. The van der Waals surface area contributed by atoms with Gasteiger partial charge in [0, 0.05) is 13.0 Å². The fourth-order valence-electron chi connectivity index (χ4n) is 2.10. The van der Waals surface area contributed by atoms with E-state index >= 15 is 0 Å². The van der Waals surface area contributed by atoms with Gasteiger partial charge < -0.3 is 9.84 Å². The third kappa shape index (κ3) is 3.59. The summed E-state index contributed by atoms with van der Waals surface area (Å²) in [6.07, 6.45) is 3.58. The lowest BCUT2D eigenvalue weighted by molar-refractivity contribution is -0.0155. The Hall–Kier alpha value is -0.280. The summed E-state index contributed by atoms with van der Waals surface area (Å²) in [6.45, 7) is 0.804. The number of benzene rings is 1. The minimum absolute atomic E-state index is 0.160. The van der Waals surface area contributed by atoms with Crippen LogP contribution in [0, 0.1) is 0 Å². The molecule has 1 aromatic carbocycles. The molecule has 1 saturated heterocycles. The molecule has 17 heavy (non-hydrogen) atoms. The van der Waals surface area contributed by atoms with Gasteiger partial charge in [0.2, 0.25) is 0 Å². The number of aliphatic hydroxyl groups is 1. The topological polar surface area (TPSA) is 29.5 Å². The summed E-state index contributed by atoms with van der Waals surface area (Å²) in [6, 6.07) is 5.24. The monoisotopic (exact) mass is 274 g/mol. The van der Waals surface area contributed by atoms with Crippen molar-refractivity contribution >= 4 is 23.2 Å². The lowest BCUT2D eigenvalue weighted by Gasteiger charge is -2.25. The molecule has 0 spiro atoms. The second kappa shape index (κ2) is 6.05. The van der Waals surface area contributed by atoms with Crippen LogP contribution in [0.2, 0.25) is 10.0 Å². The van der Waals surface area contributed by atoms with E-state index in [4.69, 9.17) is 27.9 Å². The van der Waals surface area contributed by atoms with Crippen molar-refractivity contribution in [2.75, 3.05) is 6.61 Å². The Kier molecular flexibility index (Phi) is 4.69. The molecule has 1 N–H and O–H groups in total. The molecule has 1 fully saturated rings. The van der Waals surface area contributed by atoms with E-state index in [1.807, 2.05) is 6.07 Å². The Morgan fingerprint density at radius 3 is 2.76 bits per heavy atom. The summed E-state index contributed by atoms with van der Waals surface area (Å²) >= 11 is 11.8. The third-order valence-corrected chi connectivity index (χ3v) is 3.83. The molecule has 94 valence electrons.